The molecule has 1 fully saturated rings. The molecule has 4 N–H and O–H groups in total. The number of halogens is 1. The van der Waals surface area contributed by atoms with Gasteiger partial charge < -0.3 is 16.0 Å². The van der Waals surface area contributed by atoms with Gasteiger partial charge in [-0.1, -0.05) is 44.2 Å². The normalized spacial score (nSPS) is 22.3. The summed E-state index contributed by atoms with van der Waals surface area (Å²) in [5.74, 6) is 0.443. The van der Waals surface area contributed by atoms with E-state index < -0.39 is 6.17 Å². The van der Waals surface area contributed by atoms with Gasteiger partial charge in [-0.2, -0.15) is 0 Å². The van der Waals surface area contributed by atoms with E-state index in [1.54, 1.807) is 0 Å². The van der Waals surface area contributed by atoms with Crippen molar-refractivity contribution in [1.29, 1.82) is 5.41 Å². The molecule has 0 saturated carbocycles. The van der Waals surface area contributed by atoms with Crippen molar-refractivity contribution in [3.8, 4) is 0 Å². The first-order chi connectivity index (χ1) is 15.7. The predicted molar refractivity (Wildman–Crippen MR) is 133 cm³/mol. The van der Waals surface area contributed by atoms with Crippen molar-refractivity contribution >= 4 is 11.7 Å². The van der Waals surface area contributed by atoms with Crippen LogP contribution >= 0.6 is 0 Å². The molecule has 3 rings (SSSR count). The summed E-state index contributed by atoms with van der Waals surface area (Å²) >= 11 is 0. The molecule has 33 heavy (non-hydrogen) atoms. The summed E-state index contributed by atoms with van der Waals surface area (Å²) in [6, 6.07) is 6.66. The third kappa shape index (κ3) is 5.62. The minimum Gasteiger partial charge on any atom is -0.388 e. The van der Waals surface area contributed by atoms with Crippen molar-refractivity contribution in [2.24, 2.45) is 5.92 Å². The lowest BCUT2D eigenvalue weighted by Gasteiger charge is -2.28. The van der Waals surface area contributed by atoms with Gasteiger partial charge in [-0.05, 0) is 62.3 Å². The molecule has 5 nitrogen and oxygen atoms in total. The van der Waals surface area contributed by atoms with Gasteiger partial charge in [0.1, 0.15) is 12.0 Å². The zero-order valence-electron chi connectivity index (χ0n) is 20.2. The zero-order chi connectivity index (χ0) is 24.1. The molecular formula is C27H35FN4O. The maximum Gasteiger partial charge on any atom is 0.258 e. The fourth-order valence-electron chi connectivity index (χ4n) is 4.45. The highest BCUT2D eigenvalue weighted by atomic mass is 19.1. The molecule has 0 radical (unpaired) electrons. The molecule has 6 heteroatoms. The maximum atomic E-state index is 12.9. The van der Waals surface area contributed by atoms with Gasteiger partial charge in [0.05, 0.1) is 5.57 Å². The van der Waals surface area contributed by atoms with E-state index in [0.29, 0.717) is 17.2 Å². The zero-order valence-corrected chi connectivity index (χ0v) is 20.2. The molecule has 0 bridgehead atoms. The monoisotopic (exact) mass is 450 g/mol. The van der Waals surface area contributed by atoms with Crippen LogP contribution in [0.1, 0.15) is 56.7 Å². The number of allylic oxidation sites excluding steroid dienone is 4. The highest BCUT2D eigenvalue weighted by Crippen LogP contribution is 2.42. The van der Waals surface area contributed by atoms with Gasteiger partial charge in [-0.15, -0.1) is 0 Å². The Morgan fingerprint density at radius 2 is 2.06 bits per heavy atom. The summed E-state index contributed by atoms with van der Waals surface area (Å²) < 4.78 is 12.9. The molecular weight excluding hydrogens is 415 g/mol. The summed E-state index contributed by atoms with van der Waals surface area (Å²) in [5.41, 5.74) is 6.79. The first-order valence-electron chi connectivity index (χ1n) is 11.7. The summed E-state index contributed by atoms with van der Waals surface area (Å²) in [4.78, 5) is 12.9. The Bertz CT molecular complexity index is 1050. The van der Waals surface area contributed by atoms with E-state index >= 15 is 0 Å². The summed E-state index contributed by atoms with van der Waals surface area (Å²) in [7, 11) is 0. The quantitative estimate of drug-likeness (QED) is 0.258. The molecule has 3 unspecified atom stereocenters. The van der Waals surface area contributed by atoms with E-state index in [1.165, 1.54) is 35.9 Å². The Morgan fingerprint density at radius 1 is 1.30 bits per heavy atom. The van der Waals surface area contributed by atoms with Crippen LogP contribution in [0.25, 0.3) is 0 Å². The van der Waals surface area contributed by atoms with Gasteiger partial charge in [-0.25, -0.2) is 4.39 Å². The molecule has 3 atom stereocenters. The molecule has 1 aromatic rings. The van der Waals surface area contributed by atoms with E-state index in [-0.39, 0.29) is 24.2 Å². The summed E-state index contributed by atoms with van der Waals surface area (Å²) in [6.07, 6.45) is 8.44. The van der Waals surface area contributed by atoms with Crippen LogP contribution in [0.2, 0.25) is 0 Å². The van der Waals surface area contributed by atoms with Crippen LogP contribution in [0, 0.1) is 18.3 Å². The van der Waals surface area contributed by atoms with Gasteiger partial charge in [0.15, 0.2) is 0 Å². The number of nitrogens with one attached hydrogen (secondary N) is 4. The number of carbonyl (C=O) groups excluding carboxylic acids is 1. The molecule has 1 aliphatic heterocycles. The second-order valence-electron chi connectivity index (χ2n) is 8.82. The SMILES string of the molecule is CCc1ccc(C)c(C2C=C3C(=CC2CC)NC(=O)/C3=C(/C)NC(=N)/C=C\NCC(C)F)c1. The van der Waals surface area contributed by atoms with Gasteiger partial charge in [0.2, 0.25) is 0 Å². The minimum atomic E-state index is -0.965. The average molecular weight is 451 g/mol. The second kappa shape index (κ2) is 10.6. The van der Waals surface area contributed by atoms with E-state index in [2.05, 4.69) is 67.1 Å². The largest absolute Gasteiger partial charge is 0.388 e. The number of rotatable bonds is 8. The highest BCUT2D eigenvalue weighted by molar-refractivity contribution is 6.06. The van der Waals surface area contributed by atoms with Gasteiger partial charge in [-0.3, -0.25) is 10.2 Å². The average Bonchev–Trinajstić information content (AvgIpc) is 3.10. The van der Waals surface area contributed by atoms with E-state index in [4.69, 9.17) is 5.41 Å². The lowest BCUT2D eigenvalue weighted by atomic mass is 9.76. The molecule has 1 aromatic carbocycles. The topological polar surface area (TPSA) is 77.0 Å². The van der Waals surface area contributed by atoms with Crippen molar-refractivity contribution in [1.82, 2.24) is 16.0 Å². The van der Waals surface area contributed by atoms with E-state index in [1.807, 2.05) is 6.92 Å². The standard InChI is InChI=1S/C27H35FN4O/c1-6-19-9-8-16(3)21(12-19)22-14-23-24(13-20(22)7-2)32-27(33)26(23)18(5)31-25(29)10-11-30-15-17(4)28/h8-14,17,20,22,30H,6-7,15H2,1-5H3,(H2,29,31)(H,32,33)/b11-10-,26-18-. The molecule has 1 amide bonds. The number of aryl methyl sites for hydroxylation is 2. The van der Waals surface area contributed by atoms with Gasteiger partial charge in [0.25, 0.3) is 5.91 Å². The van der Waals surface area contributed by atoms with Crippen LogP contribution in [-0.4, -0.2) is 24.5 Å². The molecule has 1 aliphatic carbocycles. The fraction of sp³-hybridized carbons (Fsp3) is 0.407. The Labute approximate surface area is 196 Å². The van der Waals surface area contributed by atoms with Gasteiger partial charge >= 0.3 is 0 Å². The first-order valence-corrected chi connectivity index (χ1v) is 11.7. The number of hydrogen-bond acceptors (Lipinski definition) is 3. The second-order valence-corrected chi connectivity index (χ2v) is 8.82. The number of amidine groups is 1. The third-order valence-corrected chi connectivity index (χ3v) is 6.27. The minimum absolute atomic E-state index is 0.120. The molecule has 1 saturated heterocycles. The number of benzene rings is 1. The molecule has 1 heterocycles. The maximum absolute atomic E-state index is 12.9. The number of amides is 1. The fourth-order valence-corrected chi connectivity index (χ4v) is 4.45. The summed E-state index contributed by atoms with van der Waals surface area (Å²) in [6.45, 7) is 9.95. The number of fused-ring (bicyclic) bond motifs is 1. The van der Waals surface area contributed by atoms with E-state index in [0.717, 1.165) is 24.1 Å². The molecule has 0 aromatic heterocycles. The van der Waals surface area contributed by atoms with Crippen molar-refractivity contribution in [2.75, 3.05) is 6.54 Å². The molecule has 176 valence electrons. The number of hydrogen-bond donors (Lipinski definition) is 4. The predicted octanol–water partition coefficient (Wildman–Crippen LogP) is 4.92. The van der Waals surface area contributed by atoms with Crippen molar-refractivity contribution in [2.45, 2.75) is 59.5 Å². The molecule has 2 aliphatic rings. The lowest BCUT2D eigenvalue weighted by molar-refractivity contribution is -0.115. The van der Waals surface area contributed by atoms with Crippen molar-refractivity contribution in [3.63, 3.8) is 0 Å². The smallest absolute Gasteiger partial charge is 0.258 e. The van der Waals surface area contributed by atoms with Crippen LogP contribution in [0.15, 0.2) is 65.2 Å². The number of carbonyl (C=O) groups is 1. The Balaban J connectivity index is 1.92. The lowest BCUT2D eigenvalue weighted by Crippen LogP contribution is -2.23. The van der Waals surface area contributed by atoms with Crippen LogP contribution in [0.3, 0.4) is 0 Å². The Kier molecular flexibility index (Phi) is 7.90. The Hall–Kier alpha value is -3.15. The van der Waals surface area contributed by atoms with E-state index in [9.17, 15) is 9.18 Å². The van der Waals surface area contributed by atoms with Crippen LogP contribution < -0.4 is 16.0 Å². The van der Waals surface area contributed by atoms with Crippen LogP contribution in [-0.2, 0) is 11.2 Å². The highest BCUT2D eigenvalue weighted by Gasteiger charge is 2.35. The van der Waals surface area contributed by atoms with Crippen LogP contribution in [0.4, 0.5) is 4.39 Å². The Morgan fingerprint density at radius 3 is 2.73 bits per heavy atom. The summed E-state index contributed by atoms with van der Waals surface area (Å²) in [5, 5.41) is 17.0. The third-order valence-electron chi connectivity index (χ3n) is 6.27. The van der Waals surface area contributed by atoms with Crippen molar-refractivity contribution in [3.05, 3.63) is 81.9 Å². The van der Waals surface area contributed by atoms with Crippen LogP contribution in [0.5, 0.6) is 0 Å². The first kappa shape index (κ1) is 24.5. The molecule has 0 spiro atoms. The van der Waals surface area contributed by atoms with Gasteiger partial charge in [0, 0.05) is 35.6 Å². The number of alkyl halides is 1. The van der Waals surface area contributed by atoms with Crippen molar-refractivity contribution < 1.29 is 9.18 Å².